The molecular weight excluding hydrogens is 332 g/mol. The minimum Gasteiger partial charge on any atom is -0.451 e. The molecule has 0 unspecified atom stereocenters. The van der Waals surface area contributed by atoms with Crippen LogP contribution < -0.4 is 16.4 Å². The van der Waals surface area contributed by atoms with Gasteiger partial charge in [-0.2, -0.15) is 0 Å². The number of nitrogens with zero attached hydrogens (tertiary/aromatic N) is 1. The largest absolute Gasteiger partial charge is 0.451 e. The molecule has 0 aliphatic carbocycles. The Kier molecular flexibility index (Phi) is 6.04. The van der Waals surface area contributed by atoms with Gasteiger partial charge < -0.3 is 25.7 Å². The molecule has 0 radical (unpaired) electrons. The SMILES string of the molecule is NCC[C@@H](NC(=O)c1ccc(-c2ccccc2)o1)C(=O)N1CCNCC1. The number of amides is 2. The van der Waals surface area contributed by atoms with E-state index >= 15 is 0 Å². The normalized spacial score (nSPS) is 15.5. The molecule has 2 aromatic rings. The molecule has 7 nitrogen and oxygen atoms in total. The van der Waals surface area contributed by atoms with Gasteiger partial charge in [-0.1, -0.05) is 30.3 Å². The molecule has 0 saturated carbocycles. The number of nitrogens with two attached hydrogens (primary N) is 1. The van der Waals surface area contributed by atoms with Crippen LogP contribution in [0.2, 0.25) is 0 Å². The third kappa shape index (κ3) is 4.30. The molecule has 4 N–H and O–H groups in total. The van der Waals surface area contributed by atoms with Crippen LogP contribution in [0.3, 0.4) is 0 Å². The van der Waals surface area contributed by atoms with Crippen LogP contribution in [0.25, 0.3) is 11.3 Å². The van der Waals surface area contributed by atoms with E-state index in [0.29, 0.717) is 31.8 Å². The Balaban J connectivity index is 1.68. The summed E-state index contributed by atoms with van der Waals surface area (Å²) in [6.07, 6.45) is 0.390. The second-order valence-electron chi connectivity index (χ2n) is 6.21. The summed E-state index contributed by atoms with van der Waals surface area (Å²) in [6.45, 7) is 3.10. The first-order valence-electron chi connectivity index (χ1n) is 8.84. The van der Waals surface area contributed by atoms with E-state index in [4.69, 9.17) is 10.2 Å². The molecule has 138 valence electrons. The molecule has 1 aromatic carbocycles. The van der Waals surface area contributed by atoms with E-state index in [1.807, 2.05) is 30.3 Å². The Labute approximate surface area is 152 Å². The number of piperazine rings is 1. The maximum atomic E-state index is 12.7. The van der Waals surface area contributed by atoms with Crippen LogP contribution in [-0.4, -0.2) is 55.5 Å². The third-order valence-electron chi connectivity index (χ3n) is 4.38. The lowest BCUT2D eigenvalue weighted by atomic mass is 10.1. The summed E-state index contributed by atoms with van der Waals surface area (Å²) in [4.78, 5) is 27.0. The summed E-state index contributed by atoms with van der Waals surface area (Å²) in [7, 11) is 0. The fourth-order valence-corrected chi connectivity index (χ4v) is 2.98. The topological polar surface area (TPSA) is 101 Å². The van der Waals surface area contributed by atoms with Crippen LogP contribution in [-0.2, 0) is 4.79 Å². The molecule has 0 spiro atoms. The van der Waals surface area contributed by atoms with Crippen molar-refractivity contribution in [3.8, 4) is 11.3 Å². The predicted molar refractivity (Wildman–Crippen MR) is 98.5 cm³/mol. The quantitative estimate of drug-likeness (QED) is 0.712. The van der Waals surface area contributed by atoms with Crippen molar-refractivity contribution in [1.82, 2.24) is 15.5 Å². The standard InChI is InChI=1S/C19H24N4O3/c20-9-8-15(19(25)23-12-10-21-11-13-23)22-18(24)17-7-6-16(26-17)14-4-2-1-3-5-14/h1-7,15,21H,8-13,20H2,(H,22,24)/t15-/m1/s1. The number of rotatable bonds is 6. The van der Waals surface area contributed by atoms with E-state index in [-0.39, 0.29) is 11.7 Å². The molecular formula is C19H24N4O3. The maximum absolute atomic E-state index is 12.7. The van der Waals surface area contributed by atoms with Crippen LogP contribution >= 0.6 is 0 Å². The van der Waals surface area contributed by atoms with Crippen molar-refractivity contribution in [3.05, 3.63) is 48.2 Å². The predicted octanol–water partition coefficient (Wildman–Crippen LogP) is 0.826. The van der Waals surface area contributed by atoms with E-state index in [1.54, 1.807) is 17.0 Å². The number of carbonyl (C=O) groups excluding carboxylic acids is 2. The van der Waals surface area contributed by atoms with Gasteiger partial charge in [0.25, 0.3) is 5.91 Å². The average Bonchev–Trinajstić information content (AvgIpc) is 3.19. The number of carbonyl (C=O) groups is 2. The highest BCUT2D eigenvalue weighted by atomic mass is 16.4. The van der Waals surface area contributed by atoms with Gasteiger partial charge >= 0.3 is 0 Å². The fourth-order valence-electron chi connectivity index (χ4n) is 2.98. The molecule has 1 aromatic heterocycles. The van der Waals surface area contributed by atoms with E-state index in [2.05, 4.69) is 10.6 Å². The van der Waals surface area contributed by atoms with Gasteiger partial charge in [-0.05, 0) is 25.1 Å². The highest BCUT2D eigenvalue weighted by Crippen LogP contribution is 2.21. The zero-order valence-electron chi connectivity index (χ0n) is 14.6. The molecule has 1 atom stereocenters. The first kappa shape index (κ1) is 18.2. The third-order valence-corrected chi connectivity index (χ3v) is 4.38. The van der Waals surface area contributed by atoms with E-state index in [0.717, 1.165) is 18.7 Å². The van der Waals surface area contributed by atoms with Gasteiger partial charge in [-0.15, -0.1) is 0 Å². The van der Waals surface area contributed by atoms with Crippen molar-refractivity contribution in [3.63, 3.8) is 0 Å². The number of hydrogen-bond donors (Lipinski definition) is 3. The Morgan fingerprint density at radius 1 is 1.15 bits per heavy atom. The first-order valence-corrected chi connectivity index (χ1v) is 8.84. The van der Waals surface area contributed by atoms with Gasteiger partial charge in [0, 0.05) is 31.7 Å². The van der Waals surface area contributed by atoms with Crippen LogP contribution in [0.15, 0.2) is 46.9 Å². The molecule has 7 heteroatoms. The van der Waals surface area contributed by atoms with Gasteiger partial charge in [-0.3, -0.25) is 9.59 Å². The summed E-state index contributed by atoms with van der Waals surface area (Å²) in [5, 5.41) is 5.98. The maximum Gasteiger partial charge on any atom is 0.287 e. The average molecular weight is 356 g/mol. The van der Waals surface area contributed by atoms with Crippen molar-refractivity contribution in [2.75, 3.05) is 32.7 Å². The van der Waals surface area contributed by atoms with E-state index in [9.17, 15) is 9.59 Å². The number of nitrogens with one attached hydrogen (secondary N) is 2. The fraction of sp³-hybridized carbons (Fsp3) is 0.368. The van der Waals surface area contributed by atoms with Crippen molar-refractivity contribution in [2.45, 2.75) is 12.5 Å². The number of furan rings is 1. The van der Waals surface area contributed by atoms with Gasteiger partial charge in [0.15, 0.2) is 5.76 Å². The van der Waals surface area contributed by atoms with Gasteiger partial charge in [-0.25, -0.2) is 0 Å². The molecule has 2 heterocycles. The zero-order valence-corrected chi connectivity index (χ0v) is 14.6. The summed E-state index contributed by atoms with van der Waals surface area (Å²) in [5.41, 5.74) is 6.52. The van der Waals surface area contributed by atoms with Crippen molar-refractivity contribution < 1.29 is 14.0 Å². The molecule has 3 rings (SSSR count). The number of hydrogen-bond acceptors (Lipinski definition) is 5. The molecule has 26 heavy (non-hydrogen) atoms. The smallest absolute Gasteiger partial charge is 0.287 e. The van der Waals surface area contributed by atoms with Gasteiger partial charge in [0.05, 0.1) is 0 Å². The lowest BCUT2D eigenvalue weighted by molar-refractivity contribution is -0.133. The van der Waals surface area contributed by atoms with Crippen molar-refractivity contribution >= 4 is 11.8 Å². The van der Waals surface area contributed by atoms with Crippen molar-refractivity contribution in [2.24, 2.45) is 5.73 Å². The summed E-state index contributed by atoms with van der Waals surface area (Å²) < 4.78 is 5.66. The summed E-state index contributed by atoms with van der Waals surface area (Å²) >= 11 is 0. The molecule has 0 bridgehead atoms. The van der Waals surface area contributed by atoms with Crippen LogP contribution in [0, 0.1) is 0 Å². The summed E-state index contributed by atoms with van der Waals surface area (Å²) in [5.74, 6) is 0.285. The minimum atomic E-state index is -0.643. The van der Waals surface area contributed by atoms with Gasteiger partial charge in [0.2, 0.25) is 5.91 Å². The Hall–Kier alpha value is -2.64. The Bertz CT molecular complexity index is 738. The van der Waals surface area contributed by atoms with E-state index in [1.165, 1.54) is 0 Å². The monoisotopic (exact) mass is 356 g/mol. The molecule has 2 amide bonds. The Morgan fingerprint density at radius 3 is 2.58 bits per heavy atom. The molecule has 1 saturated heterocycles. The zero-order chi connectivity index (χ0) is 18.4. The van der Waals surface area contributed by atoms with Crippen LogP contribution in [0.4, 0.5) is 0 Å². The minimum absolute atomic E-state index is 0.0971. The second-order valence-corrected chi connectivity index (χ2v) is 6.21. The first-order chi connectivity index (χ1) is 12.7. The number of benzene rings is 1. The molecule has 1 aliphatic rings. The summed E-state index contributed by atoms with van der Waals surface area (Å²) in [6, 6.07) is 12.3. The van der Waals surface area contributed by atoms with E-state index < -0.39 is 11.9 Å². The molecule has 1 fully saturated rings. The van der Waals surface area contributed by atoms with Crippen LogP contribution in [0.5, 0.6) is 0 Å². The highest BCUT2D eigenvalue weighted by Gasteiger charge is 2.27. The lowest BCUT2D eigenvalue weighted by Crippen LogP contribution is -2.54. The van der Waals surface area contributed by atoms with Crippen LogP contribution in [0.1, 0.15) is 17.0 Å². The highest BCUT2D eigenvalue weighted by molar-refractivity contribution is 5.96. The van der Waals surface area contributed by atoms with Gasteiger partial charge in [0.1, 0.15) is 11.8 Å². The second kappa shape index (κ2) is 8.64. The van der Waals surface area contributed by atoms with Crippen molar-refractivity contribution in [1.29, 1.82) is 0 Å². The lowest BCUT2D eigenvalue weighted by Gasteiger charge is -2.31. The molecule has 1 aliphatic heterocycles. The Morgan fingerprint density at radius 2 is 1.88 bits per heavy atom.